The van der Waals surface area contributed by atoms with E-state index in [9.17, 15) is 27.5 Å². The monoisotopic (exact) mass is 554 g/mol. The number of para-hydroxylation sites is 1. The highest BCUT2D eigenvalue weighted by Gasteiger charge is 2.41. The van der Waals surface area contributed by atoms with Gasteiger partial charge in [-0.15, -0.1) is 0 Å². The second-order valence-corrected chi connectivity index (χ2v) is 9.73. The van der Waals surface area contributed by atoms with Crippen molar-refractivity contribution in [1.29, 1.82) is 0 Å². The number of benzene rings is 2. The summed E-state index contributed by atoms with van der Waals surface area (Å²) in [5.41, 5.74) is -0.0260. The first-order valence-electron chi connectivity index (χ1n) is 12.7. The van der Waals surface area contributed by atoms with Crippen molar-refractivity contribution in [3.8, 4) is 22.8 Å². The van der Waals surface area contributed by atoms with Gasteiger partial charge in [0.05, 0.1) is 11.9 Å². The van der Waals surface area contributed by atoms with Crippen LogP contribution in [0.5, 0.6) is 5.75 Å². The van der Waals surface area contributed by atoms with E-state index in [1.807, 2.05) is 12.1 Å². The molecule has 2 aromatic heterocycles. The average Bonchev–Trinajstić information content (AvgIpc) is 3.40. The van der Waals surface area contributed by atoms with Crippen molar-refractivity contribution in [2.24, 2.45) is 0 Å². The SMILES string of the molecule is CN1CCC(c2ccc(COc3c(F)cccc3-c3cccc(-n4ncc(C(=O)O)c4C(F)(F)F)n3)cc2)CC1. The summed E-state index contributed by atoms with van der Waals surface area (Å²) in [6.45, 7) is 2.18. The van der Waals surface area contributed by atoms with Crippen LogP contribution in [0.2, 0.25) is 0 Å². The van der Waals surface area contributed by atoms with E-state index in [0.717, 1.165) is 31.5 Å². The van der Waals surface area contributed by atoms with Crippen LogP contribution in [0, 0.1) is 5.82 Å². The number of aromatic carboxylic acids is 1. The Kier molecular flexibility index (Phi) is 7.57. The minimum absolute atomic E-state index is 0.0701. The fraction of sp³-hybridized carbons (Fsp3) is 0.276. The number of pyridine rings is 1. The number of hydrogen-bond donors (Lipinski definition) is 1. The fourth-order valence-electron chi connectivity index (χ4n) is 4.88. The Morgan fingerprint density at radius 3 is 2.42 bits per heavy atom. The Morgan fingerprint density at radius 1 is 1.05 bits per heavy atom. The lowest BCUT2D eigenvalue weighted by Gasteiger charge is -2.29. The second kappa shape index (κ2) is 11.1. The van der Waals surface area contributed by atoms with E-state index < -0.39 is 29.2 Å². The molecule has 1 aliphatic rings. The predicted octanol–water partition coefficient (Wildman–Crippen LogP) is 6.18. The molecule has 3 heterocycles. The number of aromatic nitrogens is 3. The van der Waals surface area contributed by atoms with Gasteiger partial charge < -0.3 is 14.7 Å². The van der Waals surface area contributed by atoms with Crippen molar-refractivity contribution >= 4 is 5.97 Å². The van der Waals surface area contributed by atoms with Gasteiger partial charge in [-0.25, -0.2) is 18.9 Å². The summed E-state index contributed by atoms with van der Waals surface area (Å²) in [6, 6.07) is 16.4. The number of alkyl halides is 3. The molecule has 5 rings (SSSR count). The maximum atomic E-state index is 14.9. The summed E-state index contributed by atoms with van der Waals surface area (Å²) in [4.78, 5) is 17.9. The van der Waals surface area contributed by atoms with E-state index in [-0.39, 0.29) is 29.4 Å². The number of piperidine rings is 1. The molecule has 0 bridgehead atoms. The van der Waals surface area contributed by atoms with Crippen LogP contribution in [0.25, 0.3) is 17.1 Å². The van der Waals surface area contributed by atoms with Gasteiger partial charge in [0.1, 0.15) is 12.2 Å². The van der Waals surface area contributed by atoms with Crippen LogP contribution in [0.15, 0.2) is 66.9 Å². The summed E-state index contributed by atoms with van der Waals surface area (Å²) in [5, 5.41) is 12.8. The lowest BCUT2D eigenvalue weighted by Crippen LogP contribution is -2.29. The molecular weight excluding hydrogens is 528 g/mol. The molecule has 1 saturated heterocycles. The third-order valence-electron chi connectivity index (χ3n) is 7.02. The summed E-state index contributed by atoms with van der Waals surface area (Å²) in [5.74, 6) is -2.31. The number of carboxylic acids is 1. The molecule has 208 valence electrons. The molecule has 4 aromatic rings. The summed E-state index contributed by atoms with van der Waals surface area (Å²) >= 11 is 0. The van der Waals surface area contributed by atoms with E-state index in [0.29, 0.717) is 16.8 Å². The van der Waals surface area contributed by atoms with Crippen molar-refractivity contribution in [3.05, 3.63) is 95.1 Å². The lowest BCUT2D eigenvalue weighted by molar-refractivity contribution is -0.143. The van der Waals surface area contributed by atoms with Crippen LogP contribution in [-0.2, 0) is 12.8 Å². The van der Waals surface area contributed by atoms with E-state index in [1.165, 1.54) is 35.9 Å². The molecule has 1 fully saturated rings. The topological polar surface area (TPSA) is 80.5 Å². The van der Waals surface area contributed by atoms with Gasteiger partial charge in [-0.3, -0.25) is 0 Å². The van der Waals surface area contributed by atoms with E-state index in [1.54, 1.807) is 6.07 Å². The van der Waals surface area contributed by atoms with Crippen molar-refractivity contribution in [3.63, 3.8) is 0 Å². The minimum atomic E-state index is -5.00. The predicted molar refractivity (Wildman–Crippen MR) is 139 cm³/mol. The minimum Gasteiger partial charge on any atom is -0.485 e. The molecule has 0 aliphatic carbocycles. The van der Waals surface area contributed by atoms with Crippen LogP contribution in [-0.4, -0.2) is 50.9 Å². The number of carboxylic acid groups (broad SMARTS) is 1. The second-order valence-electron chi connectivity index (χ2n) is 9.73. The van der Waals surface area contributed by atoms with Crippen molar-refractivity contribution < 1.29 is 32.2 Å². The largest absolute Gasteiger partial charge is 0.485 e. The quantitative estimate of drug-likeness (QED) is 0.275. The van der Waals surface area contributed by atoms with Gasteiger partial charge in [0.15, 0.2) is 23.1 Å². The van der Waals surface area contributed by atoms with E-state index >= 15 is 0 Å². The maximum Gasteiger partial charge on any atom is 0.434 e. The van der Waals surface area contributed by atoms with E-state index in [4.69, 9.17) is 4.74 Å². The average molecular weight is 555 g/mol. The standard InChI is InChI=1S/C29H26F4N4O3/c1-36-14-12-20(13-15-36)19-10-8-18(9-11-19)17-40-26-21(4-2-5-23(26)30)24-6-3-7-25(35-24)37-27(29(31,32)33)22(16-34-37)28(38)39/h2-11,16,20H,12-15,17H2,1H3,(H,38,39). The highest BCUT2D eigenvalue weighted by molar-refractivity contribution is 5.89. The van der Waals surface area contributed by atoms with Crippen LogP contribution >= 0.6 is 0 Å². The number of rotatable bonds is 7. The molecule has 1 aliphatic heterocycles. The number of hydrogen-bond acceptors (Lipinski definition) is 5. The van der Waals surface area contributed by atoms with Crippen molar-refractivity contribution in [1.82, 2.24) is 19.7 Å². The van der Waals surface area contributed by atoms with Gasteiger partial charge in [-0.05, 0) is 74.3 Å². The van der Waals surface area contributed by atoms with Crippen LogP contribution < -0.4 is 4.74 Å². The van der Waals surface area contributed by atoms with Crippen LogP contribution in [0.1, 0.15) is 45.9 Å². The Morgan fingerprint density at radius 2 is 1.75 bits per heavy atom. The molecule has 0 atom stereocenters. The molecule has 0 saturated carbocycles. The first-order valence-corrected chi connectivity index (χ1v) is 12.7. The fourth-order valence-corrected chi connectivity index (χ4v) is 4.88. The summed E-state index contributed by atoms with van der Waals surface area (Å²) in [7, 11) is 2.12. The molecule has 0 unspecified atom stereocenters. The maximum absolute atomic E-state index is 14.9. The van der Waals surface area contributed by atoms with Crippen molar-refractivity contribution in [2.45, 2.75) is 31.5 Å². The highest BCUT2D eigenvalue weighted by atomic mass is 19.4. The first-order chi connectivity index (χ1) is 19.1. The molecule has 40 heavy (non-hydrogen) atoms. The number of halogens is 4. The molecule has 11 heteroatoms. The van der Waals surface area contributed by atoms with E-state index in [2.05, 4.69) is 34.2 Å². The summed E-state index contributed by atoms with van der Waals surface area (Å²) < 4.78 is 62.3. The Balaban J connectivity index is 1.40. The molecule has 1 N–H and O–H groups in total. The first kappa shape index (κ1) is 27.3. The van der Waals surface area contributed by atoms with Gasteiger partial charge in [0.25, 0.3) is 0 Å². The van der Waals surface area contributed by atoms with Gasteiger partial charge in [0.2, 0.25) is 0 Å². The number of ether oxygens (including phenoxy) is 1. The molecule has 0 spiro atoms. The number of likely N-dealkylation sites (tertiary alicyclic amines) is 1. The smallest absolute Gasteiger partial charge is 0.434 e. The Bertz CT molecular complexity index is 1510. The zero-order valence-electron chi connectivity index (χ0n) is 21.5. The Labute approximate surface area is 227 Å². The van der Waals surface area contributed by atoms with Gasteiger partial charge in [0, 0.05) is 5.56 Å². The molecule has 2 aromatic carbocycles. The lowest BCUT2D eigenvalue weighted by atomic mass is 9.89. The molecule has 0 amide bonds. The zero-order chi connectivity index (χ0) is 28.4. The van der Waals surface area contributed by atoms with Gasteiger partial charge >= 0.3 is 12.1 Å². The van der Waals surface area contributed by atoms with Gasteiger partial charge in [-0.2, -0.15) is 18.3 Å². The normalized spacial score (nSPS) is 14.8. The summed E-state index contributed by atoms with van der Waals surface area (Å²) in [6.07, 6.45) is -2.19. The van der Waals surface area contributed by atoms with Crippen molar-refractivity contribution in [2.75, 3.05) is 20.1 Å². The van der Waals surface area contributed by atoms with Crippen LogP contribution in [0.4, 0.5) is 17.6 Å². The van der Waals surface area contributed by atoms with Gasteiger partial charge in [-0.1, -0.05) is 36.4 Å². The number of carbonyl (C=O) groups is 1. The molecule has 0 radical (unpaired) electrons. The Hall–Kier alpha value is -4.25. The molecular formula is C29H26F4N4O3. The van der Waals surface area contributed by atoms with Crippen LogP contribution in [0.3, 0.4) is 0 Å². The zero-order valence-corrected chi connectivity index (χ0v) is 21.5. The third-order valence-corrected chi connectivity index (χ3v) is 7.02. The highest BCUT2D eigenvalue weighted by Crippen LogP contribution is 2.36. The third kappa shape index (κ3) is 5.69. The number of nitrogens with zero attached hydrogens (tertiary/aromatic N) is 4. The molecule has 7 nitrogen and oxygen atoms in total.